The summed E-state index contributed by atoms with van der Waals surface area (Å²) in [6.07, 6.45) is 1.99. The van der Waals surface area contributed by atoms with Gasteiger partial charge in [-0.3, -0.25) is 14.8 Å². The molecule has 0 bridgehead atoms. The van der Waals surface area contributed by atoms with E-state index in [2.05, 4.69) is 11.9 Å². The molecule has 8 nitrogen and oxygen atoms in total. The number of hydrogen-bond acceptors (Lipinski definition) is 8. The molecule has 26 heavy (non-hydrogen) atoms. The van der Waals surface area contributed by atoms with Gasteiger partial charge in [0.15, 0.2) is 0 Å². The molecule has 2 fully saturated rings. The fourth-order valence-electron chi connectivity index (χ4n) is 2.22. The van der Waals surface area contributed by atoms with E-state index in [4.69, 9.17) is 10.5 Å². The molecule has 0 aromatic rings. The summed E-state index contributed by atoms with van der Waals surface area (Å²) in [5.41, 5.74) is 5.36. The Morgan fingerprint density at radius 1 is 1.38 bits per heavy atom. The molecule has 0 atom stereocenters. The summed E-state index contributed by atoms with van der Waals surface area (Å²) in [5.74, 6) is -0.750. The molecule has 10 heteroatoms. The number of ether oxygens (including phenoxy) is 1. The van der Waals surface area contributed by atoms with Crippen molar-refractivity contribution < 1.29 is 19.5 Å². The predicted octanol–water partition coefficient (Wildman–Crippen LogP) is 1.80. The number of nitrogens with one attached hydrogen (secondary N) is 1. The van der Waals surface area contributed by atoms with Crippen molar-refractivity contribution in [2.24, 2.45) is 11.1 Å². The number of primary amides is 1. The third-order valence-electron chi connectivity index (χ3n) is 4.30. The largest absolute Gasteiger partial charge is 0.379 e. The smallest absolute Gasteiger partial charge is 0.247 e. The maximum atomic E-state index is 12.4. The number of carbonyl (C=O) groups excluding carboxylic acids is 2. The van der Waals surface area contributed by atoms with E-state index in [1.54, 1.807) is 6.92 Å². The summed E-state index contributed by atoms with van der Waals surface area (Å²) in [6, 6.07) is 0. The van der Waals surface area contributed by atoms with Crippen LogP contribution in [0.2, 0.25) is 0 Å². The van der Waals surface area contributed by atoms with E-state index in [9.17, 15) is 14.8 Å². The number of nitrogens with zero attached hydrogens (tertiary/aromatic N) is 2. The summed E-state index contributed by atoms with van der Waals surface area (Å²) in [4.78, 5) is 24.2. The van der Waals surface area contributed by atoms with Gasteiger partial charge in [0.05, 0.1) is 30.4 Å². The Labute approximate surface area is 162 Å². The normalized spacial score (nSPS) is 20.1. The second-order valence-corrected chi connectivity index (χ2v) is 8.54. The zero-order chi connectivity index (χ0) is 19.3. The van der Waals surface area contributed by atoms with E-state index in [1.165, 1.54) is 0 Å². The predicted molar refractivity (Wildman–Crippen MR) is 102 cm³/mol. The first-order valence-corrected chi connectivity index (χ1v) is 10.0. The average molecular weight is 403 g/mol. The Morgan fingerprint density at radius 2 is 2.00 bits per heavy atom. The molecule has 4 N–H and O–H groups in total. The van der Waals surface area contributed by atoms with Crippen LogP contribution in [0.5, 0.6) is 0 Å². The van der Waals surface area contributed by atoms with Crippen LogP contribution in [-0.2, 0) is 14.3 Å². The van der Waals surface area contributed by atoms with Gasteiger partial charge in [0.1, 0.15) is 5.03 Å². The standard InChI is InChI=1S/C16H26N4O4S2/c1-4-12(13(17)21)14(18-15(22)16(3)5-6-16)25-11(2)20(23)26-19-7-9-24-10-8-19/h23H,2,4-10H2,1,3H3,(H2,17,21)(H,18,22)/b14-12+. The van der Waals surface area contributed by atoms with E-state index >= 15 is 0 Å². The fourth-order valence-corrected chi connectivity index (χ4v) is 3.88. The molecule has 1 aliphatic heterocycles. The maximum absolute atomic E-state index is 12.4. The van der Waals surface area contributed by atoms with E-state index < -0.39 is 11.3 Å². The average Bonchev–Trinajstić information content (AvgIpc) is 3.34. The number of hydrogen-bond donors (Lipinski definition) is 3. The third kappa shape index (κ3) is 5.65. The highest BCUT2D eigenvalue weighted by molar-refractivity contribution is 8.07. The topological polar surface area (TPSA) is 108 Å². The van der Waals surface area contributed by atoms with Gasteiger partial charge >= 0.3 is 0 Å². The molecule has 146 valence electrons. The minimum Gasteiger partial charge on any atom is -0.379 e. The molecular formula is C16H26N4O4S2. The van der Waals surface area contributed by atoms with E-state index in [0.717, 1.165) is 41.2 Å². The molecule has 0 spiro atoms. The minimum atomic E-state index is -0.602. The number of carbonyl (C=O) groups is 2. The van der Waals surface area contributed by atoms with Crippen LogP contribution in [0, 0.1) is 5.41 Å². The van der Waals surface area contributed by atoms with Crippen LogP contribution < -0.4 is 11.1 Å². The molecule has 0 unspecified atom stereocenters. The van der Waals surface area contributed by atoms with Gasteiger partial charge in [-0.25, -0.2) is 4.31 Å². The summed E-state index contributed by atoms with van der Waals surface area (Å²) in [6.45, 7) is 10.1. The first kappa shape index (κ1) is 21.1. The van der Waals surface area contributed by atoms with Crippen LogP contribution in [0.3, 0.4) is 0 Å². The van der Waals surface area contributed by atoms with Crippen LogP contribution in [0.4, 0.5) is 0 Å². The van der Waals surface area contributed by atoms with Crippen LogP contribution in [0.1, 0.15) is 33.1 Å². The number of morpholine rings is 1. The molecule has 2 rings (SSSR count). The minimum absolute atomic E-state index is 0.148. The van der Waals surface area contributed by atoms with Gasteiger partial charge in [0.2, 0.25) is 11.8 Å². The Hall–Kier alpha value is -1.20. The molecule has 1 saturated heterocycles. The zero-order valence-corrected chi connectivity index (χ0v) is 16.8. The lowest BCUT2D eigenvalue weighted by atomic mass is 10.1. The van der Waals surface area contributed by atoms with Gasteiger partial charge in [-0.15, -0.1) is 0 Å². The molecule has 0 radical (unpaired) electrons. The van der Waals surface area contributed by atoms with Crippen molar-refractivity contribution >= 4 is 35.7 Å². The Morgan fingerprint density at radius 3 is 2.50 bits per heavy atom. The summed E-state index contributed by atoms with van der Waals surface area (Å²) < 4.78 is 8.14. The molecule has 1 heterocycles. The Balaban J connectivity index is 2.05. The van der Waals surface area contributed by atoms with Crippen molar-refractivity contribution in [3.63, 3.8) is 0 Å². The monoisotopic (exact) mass is 402 g/mol. The van der Waals surface area contributed by atoms with Crippen molar-refractivity contribution in [1.82, 2.24) is 14.1 Å². The third-order valence-corrected chi connectivity index (χ3v) is 6.34. The molecule has 0 aromatic heterocycles. The molecule has 0 aromatic carbocycles. The first-order valence-electron chi connectivity index (χ1n) is 8.48. The van der Waals surface area contributed by atoms with Gasteiger partial charge < -0.3 is 15.8 Å². The van der Waals surface area contributed by atoms with Gasteiger partial charge in [-0.05, 0) is 19.3 Å². The second-order valence-electron chi connectivity index (χ2n) is 6.43. The number of nitrogens with two attached hydrogens (primary N) is 1. The summed E-state index contributed by atoms with van der Waals surface area (Å²) >= 11 is 2.13. The van der Waals surface area contributed by atoms with Gasteiger partial charge in [-0.2, -0.15) is 4.47 Å². The van der Waals surface area contributed by atoms with Crippen LogP contribution in [-0.4, -0.2) is 52.1 Å². The highest BCUT2D eigenvalue weighted by Crippen LogP contribution is 2.45. The van der Waals surface area contributed by atoms with Crippen molar-refractivity contribution in [3.8, 4) is 0 Å². The quantitative estimate of drug-likeness (QED) is 0.304. The van der Waals surface area contributed by atoms with Gasteiger partial charge in [0.25, 0.3) is 0 Å². The van der Waals surface area contributed by atoms with Crippen molar-refractivity contribution in [2.75, 3.05) is 26.3 Å². The van der Waals surface area contributed by atoms with E-state index in [-0.39, 0.29) is 10.9 Å². The van der Waals surface area contributed by atoms with Crippen LogP contribution in [0.15, 0.2) is 22.2 Å². The highest BCUT2D eigenvalue weighted by Gasteiger charge is 2.45. The van der Waals surface area contributed by atoms with Crippen LogP contribution >= 0.6 is 23.9 Å². The summed E-state index contributed by atoms with van der Waals surface area (Å²) in [7, 11) is 0. The van der Waals surface area contributed by atoms with Crippen LogP contribution in [0.25, 0.3) is 0 Å². The zero-order valence-electron chi connectivity index (χ0n) is 15.1. The molecular weight excluding hydrogens is 376 g/mol. The van der Waals surface area contributed by atoms with Gasteiger partial charge in [0, 0.05) is 24.1 Å². The molecule has 1 saturated carbocycles. The summed E-state index contributed by atoms with van der Waals surface area (Å²) in [5, 5.41) is 13.7. The SMILES string of the molecule is C=C(S/C(NC(=O)C1(C)CC1)=C(\CC)C(N)=O)N(O)SN1CCOCC1. The number of rotatable bonds is 9. The first-order chi connectivity index (χ1) is 12.3. The molecule has 2 amide bonds. The van der Waals surface area contributed by atoms with Gasteiger partial charge in [-0.1, -0.05) is 32.2 Å². The fraction of sp³-hybridized carbons (Fsp3) is 0.625. The number of thioether (sulfide) groups is 1. The Kier molecular flexibility index (Phi) is 7.42. The lowest BCUT2D eigenvalue weighted by Crippen LogP contribution is -2.34. The lowest BCUT2D eigenvalue weighted by Gasteiger charge is -2.29. The lowest BCUT2D eigenvalue weighted by molar-refractivity contribution is -0.124. The molecule has 2 aliphatic rings. The highest BCUT2D eigenvalue weighted by atomic mass is 32.2. The number of hydroxylamine groups is 1. The maximum Gasteiger partial charge on any atom is 0.247 e. The van der Waals surface area contributed by atoms with Crippen molar-refractivity contribution in [2.45, 2.75) is 33.1 Å². The molecule has 1 aliphatic carbocycles. The van der Waals surface area contributed by atoms with Crippen molar-refractivity contribution in [1.29, 1.82) is 0 Å². The Bertz CT molecular complexity index is 601. The van der Waals surface area contributed by atoms with E-state index in [1.807, 2.05) is 11.2 Å². The second kappa shape index (κ2) is 9.14. The van der Waals surface area contributed by atoms with Crippen molar-refractivity contribution in [3.05, 3.63) is 22.2 Å². The number of amides is 2. The van der Waals surface area contributed by atoms with E-state index in [0.29, 0.717) is 43.3 Å².